The predicted octanol–water partition coefficient (Wildman–Crippen LogP) is 2.04. The van der Waals surface area contributed by atoms with Crippen molar-refractivity contribution in [2.24, 2.45) is 0 Å². The van der Waals surface area contributed by atoms with Gasteiger partial charge in [0.15, 0.2) is 0 Å². The van der Waals surface area contributed by atoms with Crippen LogP contribution in [0.3, 0.4) is 0 Å². The highest BCUT2D eigenvalue weighted by molar-refractivity contribution is 6.56. The summed E-state index contributed by atoms with van der Waals surface area (Å²) >= 11 is 0. The topological polar surface area (TPSA) is 0 Å². The maximum absolute atomic E-state index is 2.31. The van der Waals surface area contributed by atoms with Crippen LogP contribution in [0.1, 0.15) is 20.8 Å². The van der Waals surface area contributed by atoms with Crippen molar-refractivity contribution in [1.82, 2.24) is 0 Å². The van der Waals surface area contributed by atoms with Crippen LogP contribution in [-0.2, 0) is 0 Å². The van der Waals surface area contributed by atoms with Crippen LogP contribution in [0, 0.1) is 0 Å². The van der Waals surface area contributed by atoms with Crippen LogP contribution in [-0.4, -0.2) is 19.0 Å². The SMILES string of the molecule is C[Si]C[Si]C(C)(C)C. The average molecular weight is 142 g/mol. The Morgan fingerprint density at radius 2 is 1.75 bits per heavy atom. The minimum atomic E-state index is 0.586. The Kier molecular flexibility index (Phi) is 3.65. The molecular weight excluding hydrogens is 128 g/mol. The van der Waals surface area contributed by atoms with Gasteiger partial charge in [0.1, 0.15) is 0 Å². The summed E-state index contributed by atoms with van der Waals surface area (Å²) in [5.74, 6) is 0. The standard InChI is InChI=1S/C6H14Si2/c1-6(2,3)8-5-7-4/h5H2,1-4H3. The van der Waals surface area contributed by atoms with Crippen molar-refractivity contribution in [3.63, 3.8) is 0 Å². The molecule has 2 heteroatoms. The molecule has 0 aromatic carbocycles. The first-order chi connectivity index (χ1) is 3.56. The Morgan fingerprint density at radius 3 is 1.88 bits per heavy atom. The molecule has 0 nitrogen and oxygen atoms in total. The maximum Gasteiger partial charge on any atom is 0.0410 e. The molecule has 0 atom stereocenters. The number of rotatable bonds is 2. The van der Waals surface area contributed by atoms with Crippen LogP contribution >= 0.6 is 0 Å². The van der Waals surface area contributed by atoms with E-state index in [9.17, 15) is 0 Å². The zero-order valence-electron chi connectivity index (χ0n) is 6.21. The van der Waals surface area contributed by atoms with Gasteiger partial charge in [0, 0.05) is 19.0 Å². The molecule has 0 fully saturated rings. The van der Waals surface area contributed by atoms with E-state index in [4.69, 9.17) is 0 Å². The lowest BCUT2D eigenvalue weighted by Crippen LogP contribution is -2.09. The summed E-state index contributed by atoms with van der Waals surface area (Å²) in [4.78, 5) is 0. The van der Waals surface area contributed by atoms with Crippen molar-refractivity contribution in [3.8, 4) is 0 Å². The molecule has 0 aliphatic carbocycles. The van der Waals surface area contributed by atoms with Crippen LogP contribution in [0.2, 0.25) is 17.3 Å². The van der Waals surface area contributed by atoms with Crippen molar-refractivity contribution in [2.75, 3.05) is 0 Å². The summed E-state index contributed by atoms with van der Waals surface area (Å²) in [6, 6.07) is 0. The van der Waals surface area contributed by atoms with Crippen LogP contribution in [0.5, 0.6) is 0 Å². The Hall–Kier alpha value is 0.434. The van der Waals surface area contributed by atoms with Crippen molar-refractivity contribution < 1.29 is 0 Å². The van der Waals surface area contributed by atoms with E-state index in [0.717, 1.165) is 19.0 Å². The molecule has 0 aliphatic heterocycles. The third-order valence-electron chi connectivity index (χ3n) is 0.795. The molecule has 0 amide bonds. The van der Waals surface area contributed by atoms with E-state index >= 15 is 0 Å². The number of hydrogen-bond acceptors (Lipinski definition) is 0. The van der Waals surface area contributed by atoms with Gasteiger partial charge in [-0.1, -0.05) is 33.0 Å². The normalized spacial score (nSPS) is 12.0. The summed E-state index contributed by atoms with van der Waals surface area (Å²) < 4.78 is 0. The number of hydrogen-bond donors (Lipinski definition) is 0. The lowest BCUT2D eigenvalue weighted by molar-refractivity contribution is 0.754. The van der Waals surface area contributed by atoms with E-state index in [1.54, 1.807) is 0 Å². The molecule has 0 N–H and O–H groups in total. The molecule has 0 spiro atoms. The Morgan fingerprint density at radius 1 is 1.25 bits per heavy atom. The summed E-state index contributed by atoms with van der Waals surface area (Å²) in [6.07, 6.45) is 0. The largest absolute Gasteiger partial charge is 0.0735 e. The van der Waals surface area contributed by atoms with Gasteiger partial charge in [-0.3, -0.25) is 0 Å². The second-order valence-electron chi connectivity index (χ2n) is 2.96. The van der Waals surface area contributed by atoms with Crippen LogP contribution in [0.15, 0.2) is 0 Å². The van der Waals surface area contributed by atoms with E-state index in [-0.39, 0.29) is 0 Å². The first-order valence-corrected chi connectivity index (χ1v) is 5.87. The third kappa shape index (κ3) is 6.43. The molecule has 0 aromatic rings. The zero-order valence-corrected chi connectivity index (χ0v) is 8.21. The monoisotopic (exact) mass is 142 g/mol. The molecule has 0 aliphatic rings. The minimum absolute atomic E-state index is 0.586. The van der Waals surface area contributed by atoms with E-state index in [1.807, 2.05) is 0 Å². The smallest absolute Gasteiger partial charge is 0.0410 e. The Balaban J connectivity index is 3.11. The lowest BCUT2D eigenvalue weighted by atomic mass is 10.3. The first kappa shape index (κ1) is 8.43. The summed E-state index contributed by atoms with van der Waals surface area (Å²) in [7, 11) is 2.30. The Bertz CT molecular complexity index is 54.0. The van der Waals surface area contributed by atoms with Gasteiger partial charge in [-0.25, -0.2) is 0 Å². The second-order valence-corrected chi connectivity index (χ2v) is 6.93. The van der Waals surface area contributed by atoms with Crippen LogP contribution in [0.25, 0.3) is 0 Å². The molecule has 0 heterocycles. The Labute approximate surface area is 57.7 Å². The van der Waals surface area contributed by atoms with Crippen LogP contribution < -0.4 is 0 Å². The van der Waals surface area contributed by atoms with Crippen LogP contribution in [0.4, 0.5) is 0 Å². The van der Waals surface area contributed by atoms with Gasteiger partial charge in [0.05, 0.1) is 0 Å². The van der Waals surface area contributed by atoms with Gasteiger partial charge >= 0.3 is 0 Å². The van der Waals surface area contributed by atoms with E-state index in [2.05, 4.69) is 27.3 Å². The molecular formula is C6H14Si2. The maximum atomic E-state index is 2.31. The summed E-state index contributed by atoms with van der Waals surface area (Å²) in [5.41, 5.74) is 1.43. The molecule has 0 aromatic heterocycles. The highest BCUT2D eigenvalue weighted by atomic mass is 28.3. The zero-order chi connectivity index (χ0) is 6.62. The van der Waals surface area contributed by atoms with Gasteiger partial charge in [0.2, 0.25) is 0 Å². The summed E-state index contributed by atoms with van der Waals surface area (Å²) in [5, 5.41) is 0.586. The fraction of sp³-hybridized carbons (Fsp3) is 1.00. The van der Waals surface area contributed by atoms with Crippen molar-refractivity contribution in [1.29, 1.82) is 0 Å². The molecule has 0 saturated carbocycles. The second kappa shape index (κ2) is 3.46. The predicted molar refractivity (Wildman–Crippen MR) is 41.9 cm³/mol. The quantitative estimate of drug-likeness (QED) is 0.518. The highest BCUT2D eigenvalue weighted by Gasteiger charge is 2.08. The molecule has 0 saturated heterocycles. The van der Waals surface area contributed by atoms with Gasteiger partial charge in [0.25, 0.3) is 0 Å². The van der Waals surface area contributed by atoms with Gasteiger partial charge in [-0.2, -0.15) is 0 Å². The van der Waals surface area contributed by atoms with E-state index < -0.39 is 0 Å². The minimum Gasteiger partial charge on any atom is -0.0735 e. The van der Waals surface area contributed by atoms with Crippen molar-refractivity contribution >= 4 is 19.0 Å². The summed E-state index contributed by atoms with van der Waals surface area (Å²) in [6.45, 7) is 9.21. The third-order valence-corrected chi connectivity index (χ3v) is 3.98. The van der Waals surface area contributed by atoms with Crippen molar-refractivity contribution in [3.05, 3.63) is 0 Å². The van der Waals surface area contributed by atoms with Gasteiger partial charge in [-0.05, 0) is 5.04 Å². The molecule has 0 rings (SSSR count). The molecule has 4 radical (unpaired) electrons. The van der Waals surface area contributed by atoms with Crippen molar-refractivity contribution in [2.45, 2.75) is 38.0 Å². The molecule has 8 heavy (non-hydrogen) atoms. The average Bonchev–Trinajstić information content (AvgIpc) is 1.59. The fourth-order valence-electron chi connectivity index (χ4n) is 0.354. The first-order valence-electron chi connectivity index (χ1n) is 2.96. The van der Waals surface area contributed by atoms with Gasteiger partial charge < -0.3 is 0 Å². The molecule has 0 unspecified atom stereocenters. The molecule has 0 bridgehead atoms. The molecule has 46 valence electrons. The fourth-order valence-corrected chi connectivity index (χ4v) is 3.18. The van der Waals surface area contributed by atoms with E-state index in [0.29, 0.717) is 5.04 Å². The lowest BCUT2D eigenvalue weighted by Gasteiger charge is -2.15. The van der Waals surface area contributed by atoms with Gasteiger partial charge in [-0.15, -0.1) is 0 Å². The van der Waals surface area contributed by atoms with E-state index in [1.165, 1.54) is 5.67 Å². The highest BCUT2D eigenvalue weighted by Crippen LogP contribution is 2.20.